The number of aryl methyl sites for hydroxylation is 1. The first-order chi connectivity index (χ1) is 15.7. The lowest BCUT2D eigenvalue weighted by molar-refractivity contribution is 0.174. The molecule has 0 radical (unpaired) electrons. The Morgan fingerprint density at radius 1 is 1.12 bits per heavy atom. The fraction of sp³-hybridized carbons (Fsp3) is 0.375. The van der Waals surface area contributed by atoms with E-state index in [9.17, 15) is 0 Å². The number of aromatic nitrogens is 3. The second-order valence-corrected chi connectivity index (χ2v) is 7.71. The second-order valence-electron chi connectivity index (χ2n) is 7.71. The smallest absolute Gasteiger partial charge is 0.231 e. The quantitative estimate of drug-likeness (QED) is 0.245. The number of benzene rings is 2. The van der Waals surface area contributed by atoms with Gasteiger partial charge in [0.2, 0.25) is 6.79 Å². The Bertz CT molecular complexity index is 1040. The van der Waals surface area contributed by atoms with Crippen LogP contribution in [-0.4, -0.2) is 52.6 Å². The van der Waals surface area contributed by atoms with Gasteiger partial charge in [0.25, 0.3) is 0 Å². The van der Waals surface area contributed by atoms with Crippen molar-refractivity contribution in [3.8, 4) is 11.5 Å². The molecule has 8 nitrogen and oxygen atoms in total. The number of fused-ring (bicyclic) bond motifs is 1. The van der Waals surface area contributed by atoms with Crippen molar-refractivity contribution in [3.63, 3.8) is 0 Å². The van der Waals surface area contributed by atoms with Gasteiger partial charge in [0.05, 0.1) is 0 Å². The fourth-order valence-electron chi connectivity index (χ4n) is 3.66. The molecule has 0 amide bonds. The summed E-state index contributed by atoms with van der Waals surface area (Å²) in [4.78, 5) is 7.02. The molecule has 4 rings (SSSR count). The van der Waals surface area contributed by atoms with E-state index in [1.54, 1.807) is 6.33 Å². The maximum Gasteiger partial charge on any atom is 0.231 e. The Kier molecular flexibility index (Phi) is 9.35. The number of hydrogen-bond donors (Lipinski definition) is 1. The number of nitrogens with zero attached hydrogens (tertiary/aromatic N) is 5. The SMILES string of the molecule is CCc1nncn1CCNC(=NCCc1ccccc1)N(C)Cc1ccc2c(c1)OCO2.I. The van der Waals surface area contributed by atoms with Crippen molar-refractivity contribution in [1.82, 2.24) is 25.0 Å². The molecule has 1 N–H and O–H groups in total. The predicted octanol–water partition coefficient (Wildman–Crippen LogP) is 3.51. The molecule has 1 aliphatic heterocycles. The van der Waals surface area contributed by atoms with Crippen LogP contribution in [0.1, 0.15) is 23.9 Å². The largest absolute Gasteiger partial charge is 0.454 e. The number of halogens is 1. The van der Waals surface area contributed by atoms with Crippen LogP contribution in [0, 0.1) is 0 Å². The molecular formula is C24H31IN6O2. The molecule has 0 atom stereocenters. The summed E-state index contributed by atoms with van der Waals surface area (Å²) in [6.07, 6.45) is 3.54. The molecule has 1 aromatic heterocycles. The van der Waals surface area contributed by atoms with Crippen LogP contribution in [0.3, 0.4) is 0 Å². The van der Waals surface area contributed by atoms with Crippen molar-refractivity contribution in [1.29, 1.82) is 0 Å². The molecular weight excluding hydrogens is 531 g/mol. The minimum Gasteiger partial charge on any atom is -0.454 e. The Balaban J connectivity index is 0.00000306. The monoisotopic (exact) mass is 562 g/mol. The number of hydrogen-bond acceptors (Lipinski definition) is 5. The molecule has 2 heterocycles. The minimum atomic E-state index is 0. The topological polar surface area (TPSA) is 76.8 Å². The molecule has 0 fully saturated rings. The van der Waals surface area contributed by atoms with E-state index in [-0.39, 0.29) is 30.8 Å². The summed E-state index contributed by atoms with van der Waals surface area (Å²) < 4.78 is 13.0. The minimum absolute atomic E-state index is 0. The third-order valence-electron chi connectivity index (χ3n) is 5.37. The van der Waals surface area contributed by atoms with Gasteiger partial charge in [-0.2, -0.15) is 0 Å². The molecule has 3 aromatic rings. The highest BCUT2D eigenvalue weighted by molar-refractivity contribution is 14.0. The molecule has 176 valence electrons. The van der Waals surface area contributed by atoms with Crippen molar-refractivity contribution >= 4 is 29.9 Å². The van der Waals surface area contributed by atoms with E-state index in [4.69, 9.17) is 14.5 Å². The zero-order valence-electron chi connectivity index (χ0n) is 19.1. The molecule has 2 aromatic carbocycles. The molecule has 1 aliphatic rings. The lowest BCUT2D eigenvalue weighted by Gasteiger charge is -2.23. The normalized spacial score (nSPS) is 12.4. The van der Waals surface area contributed by atoms with Gasteiger partial charge in [-0.25, -0.2) is 0 Å². The number of ether oxygens (including phenoxy) is 2. The van der Waals surface area contributed by atoms with Gasteiger partial charge in [-0.05, 0) is 29.7 Å². The van der Waals surface area contributed by atoms with Crippen molar-refractivity contribution in [2.24, 2.45) is 4.99 Å². The zero-order valence-corrected chi connectivity index (χ0v) is 21.4. The molecule has 33 heavy (non-hydrogen) atoms. The molecule has 0 saturated carbocycles. The molecule has 9 heteroatoms. The van der Waals surface area contributed by atoms with Gasteiger partial charge in [0.15, 0.2) is 17.5 Å². The molecule has 0 bridgehead atoms. The molecule has 0 saturated heterocycles. The lowest BCUT2D eigenvalue weighted by atomic mass is 10.1. The van der Waals surface area contributed by atoms with Gasteiger partial charge >= 0.3 is 0 Å². The number of nitrogens with one attached hydrogen (secondary N) is 1. The molecule has 0 aliphatic carbocycles. The summed E-state index contributed by atoms with van der Waals surface area (Å²) >= 11 is 0. The molecule has 0 spiro atoms. The van der Waals surface area contributed by atoms with Crippen LogP contribution >= 0.6 is 24.0 Å². The fourth-order valence-corrected chi connectivity index (χ4v) is 3.66. The van der Waals surface area contributed by atoms with Gasteiger partial charge in [-0.3, -0.25) is 4.99 Å². The third kappa shape index (κ3) is 6.83. The maximum absolute atomic E-state index is 5.52. The van der Waals surface area contributed by atoms with E-state index in [0.29, 0.717) is 13.1 Å². The number of aliphatic imine (C=N–C) groups is 1. The van der Waals surface area contributed by atoms with Crippen molar-refractivity contribution in [3.05, 3.63) is 71.8 Å². The summed E-state index contributed by atoms with van der Waals surface area (Å²) in [6.45, 7) is 5.31. The first-order valence-electron chi connectivity index (χ1n) is 11.0. The van der Waals surface area contributed by atoms with Crippen molar-refractivity contribution in [2.45, 2.75) is 32.9 Å². The van der Waals surface area contributed by atoms with Crippen LogP contribution in [0.4, 0.5) is 0 Å². The maximum atomic E-state index is 5.52. The Labute approximate surface area is 212 Å². The number of rotatable bonds is 9. The number of guanidine groups is 1. The van der Waals surface area contributed by atoms with Crippen molar-refractivity contribution in [2.75, 3.05) is 26.9 Å². The van der Waals surface area contributed by atoms with Gasteiger partial charge < -0.3 is 24.3 Å². The highest BCUT2D eigenvalue weighted by atomic mass is 127. The van der Waals surface area contributed by atoms with Crippen LogP contribution < -0.4 is 14.8 Å². The van der Waals surface area contributed by atoms with E-state index in [1.165, 1.54) is 5.56 Å². The van der Waals surface area contributed by atoms with Crippen molar-refractivity contribution < 1.29 is 9.47 Å². The first-order valence-corrected chi connectivity index (χ1v) is 11.0. The van der Waals surface area contributed by atoms with E-state index >= 15 is 0 Å². The lowest BCUT2D eigenvalue weighted by Crippen LogP contribution is -2.40. The third-order valence-corrected chi connectivity index (χ3v) is 5.37. The van der Waals surface area contributed by atoms with E-state index in [1.807, 2.05) is 18.2 Å². The van der Waals surface area contributed by atoms with E-state index < -0.39 is 0 Å². The second kappa shape index (κ2) is 12.4. The van der Waals surface area contributed by atoms with Crippen LogP contribution in [-0.2, 0) is 25.9 Å². The first kappa shape index (κ1) is 24.8. The summed E-state index contributed by atoms with van der Waals surface area (Å²) in [7, 11) is 2.05. The summed E-state index contributed by atoms with van der Waals surface area (Å²) in [5, 5.41) is 11.7. The van der Waals surface area contributed by atoms with Gasteiger partial charge in [0, 0.05) is 39.6 Å². The Morgan fingerprint density at radius 2 is 1.94 bits per heavy atom. The van der Waals surface area contributed by atoms with Crippen LogP contribution in [0.2, 0.25) is 0 Å². The van der Waals surface area contributed by atoms with Gasteiger partial charge in [0.1, 0.15) is 12.2 Å². The summed E-state index contributed by atoms with van der Waals surface area (Å²) in [5.41, 5.74) is 2.42. The van der Waals surface area contributed by atoms with Gasteiger partial charge in [-0.15, -0.1) is 34.2 Å². The van der Waals surface area contributed by atoms with Gasteiger partial charge in [-0.1, -0.05) is 43.3 Å². The summed E-state index contributed by atoms with van der Waals surface area (Å²) in [5.74, 6) is 3.45. The Morgan fingerprint density at radius 3 is 2.76 bits per heavy atom. The van der Waals surface area contributed by atoms with Crippen LogP contribution in [0.25, 0.3) is 0 Å². The highest BCUT2D eigenvalue weighted by Crippen LogP contribution is 2.32. The Hall–Kier alpha value is -2.82. The average Bonchev–Trinajstić information content (AvgIpc) is 3.47. The highest BCUT2D eigenvalue weighted by Gasteiger charge is 2.15. The van der Waals surface area contributed by atoms with E-state index in [2.05, 4.69) is 69.3 Å². The van der Waals surface area contributed by atoms with E-state index in [0.717, 1.165) is 54.8 Å². The molecule has 0 unspecified atom stereocenters. The standard InChI is InChI=1S/C24H30N6O2.HI/c1-3-23-28-27-17-30(23)14-13-26-24(25-12-11-19-7-5-4-6-8-19)29(2)16-20-9-10-21-22(15-20)32-18-31-21;/h4-10,15,17H,3,11-14,16,18H2,1-2H3,(H,25,26);1H. The zero-order chi connectivity index (χ0) is 22.2. The van der Waals surface area contributed by atoms with Crippen LogP contribution in [0.15, 0.2) is 59.9 Å². The average molecular weight is 562 g/mol. The summed E-state index contributed by atoms with van der Waals surface area (Å²) in [6, 6.07) is 16.5. The van der Waals surface area contributed by atoms with Crippen LogP contribution in [0.5, 0.6) is 11.5 Å². The predicted molar refractivity (Wildman–Crippen MR) is 139 cm³/mol.